The van der Waals surface area contributed by atoms with Crippen molar-refractivity contribution >= 4 is 23.2 Å². The summed E-state index contributed by atoms with van der Waals surface area (Å²) in [5, 5.41) is 5.42. The van der Waals surface area contributed by atoms with Crippen LogP contribution in [-0.4, -0.2) is 11.8 Å². The third kappa shape index (κ3) is 4.48. The van der Waals surface area contributed by atoms with E-state index >= 15 is 0 Å². The van der Waals surface area contributed by atoms with Crippen LogP contribution in [0.1, 0.15) is 24.5 Å². The van der Waals surface area contributed by atoms with Gasteiger partial charge in [-0.3, -0.25) is 9.59 Å². The molecule has 27 heavy (non-hydrogen) atoms. The number of amides is 2. The van der Waals surface area contributed by atoms with Crippen LogP contribution >= 0.6 is 0 Å². The molecule has 1 fully saturated rings. The van der Waals surface area contributed by atoms with E-state index in [9.17, 15) is 22.8 Å². The van der Waals surface area contributed by atoms with Crippen molar-refractivity contribution in [3.05, 3.63) is 59.7 Å². The molecule has 2 amide bonds. The van der Waals surface area contributed by atoms with Crippen LogP contribution in [0.25, 0.3) is 0 Å². The summed E-state index contributed by atoms with van der Waals surface area (Å²) < 4.78 is 37.7. The fraction of sp³-hybridized carbons (Fsp3) is 0.300. The minimum atomic E-state index is -4.42. The number of para-hydroxylation sites is 1. The molecule has 0 aromatic heterocycles. The van der Waals surface area contributed by atoms with Gasteiger partial charge in [-0.15, -0.1) is 0 Å². The molecule has 3 rings (SSSR count). The average molecular weight is 376 g/mol. The van der Waals surface area contributed by atoms with Gasteiger partial charge in [0.05, 0.1) is 17.4 Å². The van der Waals surface area contributed by atoms with Crippen LogP contribution < -0.4 is 10.6 Å². The van der Waals surface area contributed by atoms with Gasteiger partial charge in [0.1, 0.15) is 0 Å². The van der Waals surface area contributed by atoms with Gasteiger partial charge in [0.25, 0.3) is 0 Å². The Morgan fingerprint density at radius 2 is 1.56 bits per heavy atom. The Balaban J connectivity index is 1.56. The van der Waals surface area contributed by atoms with Gasteiger partial charge in [-0.2, -0.15) is 13.2 Å². The molecular weight excluding hydrogens is 357 g/mol. The number of halogens is 3. The second-order valence-electron chi connectivity index (χ2n) is 6.51. The minimum Gasteiger partial charge on any atom is -0.326 e. The quantitative estimate of drug-likeness (QED) is 0.808. The van der Waals surface area contributed by atoms with E-state index in [1.165, 1.54) is 12.1 Å². The number of hydrogen-bond donors (Lipinski definition) is 2. The van der Waals surface area contributed by atoms with Crippen molar-refractivity contribution in [3.63, 3.8) is 0 Å². The SMILES string of the molecule is CCc1ccccc1NC(=O)C1CC1C(=O)Nc1ccc(C(F)(F)F)cc1. The Morgan fingerprint density at radius 3 is 2.15 bits per heavy atom. The highest BCUT2D eigenvalue weighted by Gasteiger charge is 2.48. The van der Waals surface area contributed by atoms with Crippen LogP contribution in [0, 0.1) is 11.8 Å². The second kappa shape index (κ2) is 7.42. The van der Waals surface area contributed by atoms with Crippen molar-refractivity contribution < 1.29 is 22.8 Å². The zero-order chi connectivity index (χ0) is 19.6. The minimum absolute atomic E-state index is 0.219. The molecule has 0 aliphatic heterocycles. The number of hydrogen-bond acceptors (Lipinski definition) is 2. The van der Waals surface area contributed by atoms with Crippen molar-refractivity contribution in [1.29, 1.82) is 0 Å². The Kier molecular flexibility index (Phi) is 5.21. The predicted molar refractivity (Wildman–Crippen MR) is 96.1 cm³/mol. The largest absolute Gasteiger partial charge is 0.416 e. The Labute approximate surface area is 154 Å². The first-order chi connectivity index (χ1) is 12.8. The molecule has 4 nitrogen and oxygen atoms in total. The third-order valence-electron chi connectivity index (χ3n) is 4.60. The molecular formula is C20H19F3N2O2. The number of alkyl halides is 3. The highest BCUT2D eigenvalue weighted by Crippen LogP contribution is 2.40. The molecule has 0 spiro atoms. The Hall–Kier alpha value is -2.83. The van der Waals surface area contributed by atoms with Gasteiger partial charge in [0.2, 0.25) is 11.8 Å². The number of nitrogens with one attached hydrogen (secondary N) is 2. The predicted octanol–water partition coefficient (Wildman–Crippen LogP) is 4.48. The van der Waals surface area contributed by atoms with Crippen molar-refractivity contribution in [3.8, 4) is 0 Å². The van der Waals surface area contributed by atoms with Crippen LogP contribution in [0.3, 0.4) is 0 Å². The lowest BCUT2D eigenvalue weighted by Crippen LogP contribution is -2.21. The first kappa shape index (κ1) is 18.9. The van der Waals surface area contributed by atoms with Crippen molar-refractivity contribution in [2.24, 2.45) is 11.8 Å². The lowest BCUT2D eigenvalue weighted by Gasteiger charge is -2.10. The van der Waals surface area contributed by atoms with E-state index < -0.39 is 23.6 Å². The zero-order valence-electron chi connectivity index (χ0n) is 14.6. The van der Waals surface area contributed by atoms with Crippen LogP contribution in [0.4, 0.5) is 24.5 Å². The molecule has 1 aliphatic carbocycles. The molecule has 2 aromatic rings. The van der Waals surface area contributed by atoms with E-state index in [1.54, 1.807) is 0 Å². The van der Waals surface area contributed by atoms with E-state index in [2.05, 4.69) is 10.6 Å². The molecule has 142 valence electrons. The summed E-state index contributed by atoms with van der Waals surface area (Å²) >= 11 is 0. The molecule has 1 saturated carbocycles. The second-order valence-corrected chi connectivity index (χ2v) is 6.51. The molecule has 2 aromatic carbocycles. The highest BCUT2D eigenvalue weighted by molar-refractivity contribution is 6.03. The van der Waals surface area contributed by atoms with Crippen LogP contribution in [0.15, 0.2) is 48.5 Å². The number of rotatable bonds is 5. The highest BCUT2D eigenvalue weighted by atomic mass is 19.4. The van der Waals surface area contributed by atoms with E-state index in [0.717, 1.165) is 29.8 Å². The smallest absolute Gasteiger partial charge is 0.326 e. The van der Waals surface area contributed by atoms with E-state index in [4.69, 9.17) is 0 Å². The fourth-order valence-electron chi connectivity index (χ4n) is 2.93. The van der Waals surface area contributed by atoms with Crippen molar-refractivity contribution in [2.45, 2.75) is 25.9 Å². The number of carbonyl (C=O) groups is 2. The number of aryl methyl sites for hydroxylation is 1. The molecule has 0 bridgehead atoms. The summed E-state index contributed by atoms with van der Waals surface area (Å²) in [6.07, 6.45) is -3.22. The van der Waals surface area contributed by atoms with Crippen LogP contribution in [0.2, 0.25) is 0 Å². The monoisotopic (exact) mass is 376 g/mol. The molecule has 0 heterocycles. The summed E-state index contributed by atoms with van der Waals surface area (Å²) in [4.78, 5) is 24.6. The number of benzene rings is 2. The Morgan fingerprint density at radius 1 is 0.963 bits per heavy atom. The maximum Gasteiger partial charge on any atom is 0.416 e. The molecule has 2 atom stereocenters. The maximum absolute atomic E-state index is 12.6. The normalized spacial score (nSPS) is 18.7. The van der Waals surface area contributed by atoms with E-state index in [-0.39, 0.29) is 17.5 Å². The van der Waals surface area contributed by atoms with E-state index in [1.807, 2.05) is 31.2 Å². The maximum atomic E-state index is 12.6. The van der Waals surface area contributed by atoms with Crippen LogP contribution in [0.5, 0.6) is 0 Å². The molecule has 2 N–H and O–H groups in total. The van der Waals surface area contributed by atoms with Crippen molar-refractivity contribution in [1.82, 2.24) is 0 Å². The summed E-state index contributed by atoms with van der Waals surface area (Å²) in [5.41, 5.74) is 1.24. The van der Waals surface area contributed by atoms with Gasteiger partial charge in [0, 0.05) is 11.4 Å². The average Bonchev–Trinajstić information content (AvgIpc) is 3.43. The van der Waals surface area contributed by atoms with Gasteiger partial charge in [-0.25, -0.2) is 0 Å². The topological polar surface area (TPSA) is 58.2 Å². The molecule has 0 saturated heterocycles. The van der Waals surface area contributed by atoms with E-state index in [0.29, 0.717) is 6.42 Å². The van der Waals surface area contributed by atoms with Gasteiger partial charge in [-0.05, 0) is 48.7 Å². The first-order valence-electron chi connectivity index (χ1n) is 8.66. The lowest BCUT2D eigenvalue weighted by molar-refractivity contribution is -0.137. The summed E-state index contributed by atoms with van der Waals surface area (Å²) in [5.74, 6) is -1.48. The standard InChI is InChI=1S/C20H19F3N2O2/c1-2-12-5-3-4-6-17(12)25-19(27)16-11-15(16)18(26)24-14-9-7-13(8-10-14)20(21,22)23/h3-10,15-16H,2,11H2,1H3,(H,24,26)(H,25,27). The summed E-state index contributed by atoms with van der Waals surface area (Å²) in [6.45, 7) is 1.99. The molecule has 2 unspecified atom stereocenters. The fourth-order valence-corrected chi connectivity index (χ4v) is 2.93. The van der Waals surface area contributed by atoms with Gasteiger partial charge < -0.3 is 10.6 Å². The number of carbonyl (C=O) groups excluding carboxylic acids is 2. The lowest BCUT2D eigenvalue weighted by atomic mass is 10.1. The molecule has 1 aliphatic rings. The third-order valence-corrected chi connectivity index (χ3v) is 4.60. The molecule has 0 radical (unpaired) electrons. The summed E-state index contributed by atoms with van der Waals surface area (Å²) in [7, 11) is 0. The van der Waals surface area contributed by atoms with Gasteiger partial charge in [-0.1, -0.05) is 25.1 Å². The summed E-state index contributed by atoms with van der Waals surface area (Å²) in [6, 6.07) is 11.7. The van der Waals surface area contributed by atoms with Gasteiger partial charge in [0.15, 0.2) is 0 Å². The zero-order valence-corrected chi connectivity index (χ0v) is 14.6. The first-order valence-corrected chi connectivity index (χ1v) is 8.66. The number of anilines is 2. The molecule has 7 heteroatoms. The van der Waals surface area contributed by atoms with Gasteiger partial charge >= 0.3 is 6.18 Å². The van der Waals surface area contributed by atoms with Crippen LogP contribution in [-0.2, 0) is 22.2 Å². The Bertz CT molecular complexity index is 847. The van der Waals surface area contributed by atoms with Crippen molar-refractivity contribution in [2.75, 3.05) is 10.6 Å².